The third kappa shape index (κ3) is 3.71. The van der Waals surface area contributed by atoms with Crippen LogP contribution in [0, 0.1) is 12.3 Å². The maximum Gasteiger partial charge on any atom is 0.277 e. The molecule has 2 aromatic rings. The van der Waals surface area contributed by atoms with Gasteiger partial charge in [-0.15, -0.1) is 6.42 Å². The average Bonchev–Trinajstić information content (AvgIpc) is 2.52. The van der Waals surface area contributed by atoms with Crippen molar-refractivity contribution >= 4 is 5.91 Å². The first kappa shape index (κ1) is 13.9. The molecule has 0 aromatic heterocycles. The molecule has 20 heavy (non-hydrogen) atoms. The quantitative estimate of drug-likeness (QED) is 0.614. The lowest BCUT2D eigenvalue weighted by atomic mass is 10.2. The Morgan fingerprint density at radius 3 is 2.25 bits per heavy atom. The second-order valence-corrected chi connectivity index (χ2v) is 4.17. The van der Waals surface area contributed by atoms with E-state index in [1.54, 1.807) is 12.1 Å². The molecule has 0 saturated carbocycles. The van der Waals surface area contributed by atoms with Gasteiger partial charge in [-0.25, -0.2) is 5.06 Å². The fourth-order valence-corrected chi connectivity index (χ4v) is 1.77. The highest BCUT2D eigenvalue weighted by atomic mass is 16.7. The third-order valence-electron chi connectivity index (χ3n) is 2.72. The molecule has 3 nitrogen and oxygen atoms in total. The molecule has 0 aliphatic heterocycles. The molecule has 0 bridgehead atoms. The molecule has 0 heterocycles. The molecule has 2 aromatic carbocycles. The number of rotatable bonds is 5. The predicted molar refractivity (Wildman–Crippen MR) is 77.5 cm³/mol. The maximum atomic E-state index is 12.4. The van der Waals surface area contributed by atoms with Gasteiger partial charge in [-0.1, -0.05) is 54.5 Å². The monoisotopic (exact) mass is 265 g/mol. The van der Waals surface area contributed by atoms with Crippen LogP contribution in [0.2, 0.25) is 0 Å². The van der Waals surface area contributed by atoms with Gasteiger partial charge in [0.05, 0.1) is 6.54 Å². The normalized spacial score (nSPS) is 9.75. The van der Waals surface area contributed by atoms with Crippen molar-refractivity contribution in [1.82, 2.24) is 5.06 Å². The molecule has 3 heteroatoms. The summed E-state index contributed by atoms with van der Waals surface area (Å²) < 4.78 is 0. The highest BCUT2D eigenvalue weighted by Gasteiger charge is 2.16. The van der Waals surface area contributed by atoms with Crippen LogP contribution >= 0.6 is 0 Å². The summed E-state index contributed by atoms with van der Waals surface area (Å²) in [5.41, 5.74) is 1.55. The Hall–Kier alpha value is -2.57. The highest BCUT2D eigenvalue weighted by molar-refractivity contribution is 5.93. The topological polar surface area (TPSA) is 29.5 Å². The van der Waals surface area contributed by atoms with E-state index in [1.165, 1.54) is 5.06 Å². The maximum absolute atomic E-state index is 12.4. The first-order valence-electron chi connectivity index (χ1n) is 6.28. The zero-order valence-electron chi connectivity index (χ0n) is 11.0. The molecule has 0 N–H and O–H groups in total. The number of hydrogen-bond acceptors (Lipinski definition) is 2. The average molecular weight is 265 g/mol. The van der Waals surface area contributed by atoms with E-state index in [1.807, 2.05) is 48.5 Å². The smallest absolute Gasteiger partial charge is 0.267 e. The number of hydroxylamine groups is 2. The van der Waals surface area contributed by atoms with Crippen molar-refractivity contribution in [3.63, 3.8) is 0 Å². The van der Waals surface area contributed by atoms with E-state index in [9.17, 15) is 4.79 Å². The zero-order valence-corrected chi connectivity index (χ0v) is 11.0. The van der Waals surface area contributed by atoms with Gasteiger partial charge in [0, 0.05) is 5.56 Å². The van der Waals surface area contributed by atoms with Gasteiger partial charge in [0.15, 0.2) is 0 Å². The number of carbonyl (C=O) groups excluding carboxylic acids is 1. The molecule has 2 rings (SSSR count). The molecule has 0 spiro atoms. The van der Waals surface area contributed by atoms with Crippen LogP contribution in [0.1, 0.15) is 15.9 Å². The Balaban J connectivity index is 2.15. The van der Waals surface area contributed by atoms with Crippen molar-refractivity contribution in [2.75, 3.05) is 6.61 Å². The van der Waals surface area contributed by atoms with Crippen LogP contribution in [0.25, 0.3) is 0 Å². The molecule has 0 saturated heterocycles. The van der Waals surface area contributed by atoms with E-state index < -0.39 is 0 Å². The van der Waals surface area contributed by atoms with Gasteiger partial charge in [-0.3, -0.25) is 9.63 Å². The second kappa shape index (κ2) is 7.13. The number of amides is 1. The summed E-state index contributed by atoms with van der Waals surface area (Å²) in [6.07, 6.45) is 5.20. The van der Waals surface area contributed by atoms with Gasteiger partial charge in [0.1, 0.15) is 6.61 Å². The summed E-state index contributed by atoms with van der Waals surface area (Å²) in [4.78, 5) is 17.7. The third-order valence-corrected chi connectivity index (χ3v) is 2.72. The predicted octanol–water partition coefficient (Wildman–Crippen LogP) is 2.89. The number of hydrogen-bond donors (Lipinski definition) is 0. The lowest BCUT2D eigenvalue weighted by Gasteiger charge is -2.21. The molecular weight excluding hydrogens is 250 g/mol. The number of terminal acetylenes is 1. The minimum Gasteiger partial charge on any atom is -0.267 e. The van der Waals surface area contributed by atoms with E-state index in [-0.39, 0.29) is 12.5 Å². The van der Waals surface area contributed by atoms with Crippen LogP contribution in [0.4, 0.5) is 0 Å². The van der Waals surface area contributed by atoms with E-state index in [4.69, 9.17) is 11.3 Å². The Labute approximate surface area is 118 Å². The van der Waals surface area contributed by atoms with Gasteiger partial charge in [-0.2, -0.15) is 0 Å². The molecule has 100 valence electrons. The highest BCUT2D eigenvalue weighted by Crippen LogP contribution is 2.10. The summed E-state index contributed by atoms with van der Waals surface area (Å²) >= 11 is 0. The van der Waals surface area contributed by atoms with Crippen molar-refractivity contribution in [2.45, 2.75) is 6.54 Å². The zero-order chi connectivity index (χ0) is 14.2. The minimum atomic E-state index is -0.204. The van der Waals surface area contributed by atoms with Gasteiger partial charge < -0.3 is 0 Å². The molecule has 0 radical (unpaired) electrons. The van der Waals surface area contributed by atoms with Crippen molar-refractivity contribution in [1.29, 1.82) is 0 Å². The molecule has 0 atom stereocenters. The van der Waals surface area contributed by atoms with E-state index in [0.717, 1.165) is 5.56 Å². The van der Waals surface area contributed by atoms with Gasteiger partial charge >= 0.3 is 0 Å². The van der Waals surface area contributed by atoms with E-state index in [0.29, 0.717) is 12.1 Å². The van der Waals surface area contributed by atoms with Crippen LogP contribution in [0.15, 0.2) is 60.7 Å². The van der Waals surface area contributed by atoms with Crippen LogP contribution in [-0.2, 0) is 11.4 Å². The van der Waals surface area contributed by atoms with Gasteiger partial charge in [-0.05, 0) is 17.7 Å². The van der Waals surface area contributed by atoms with Crippen LogP contribution in [0.3, 0.4) is 0 Å². The molecule has 0 fully saturated rings. The van der Waals surface area contributed by atoms with Gasteiger partial charge in [0.2, 0.25) is 0 Å². The second-order valence-electron chi connectivity index (χ2n) is 4.17. The van der Waals surface area contributed by atoms with Crippen molar-refractivity contribution in [3.05, 3.63) is 71.8 Å². The number of benzene rings is 2. The van der Waals surface area contributed by atoms with Crippen molar-refractivity contribution in [2.24, 2.45) is 0 Å². The molecule has 0 aliphatic rings. The Morgan fingerprint density at radius 2 is 1.65 bits per heavy atom. The SMILES string of the molecule is C#CCON(Cc1ccccc1)C(=O)c1ccccc1. The first-order valence-corrected chi connectivity index (χ1v) is 6.28. The van der Waals surface area contributed by atoms with Crippen LogP contribution in [-0.4, -0.2) is 17.6 Å². The summed E-state index contributed by atoms with van der Waals surface area (Å²) in [5.74, 6) is 2.17. The molecular formula is C17H15NO2. The van der Waals surface area contributed by atoms with E-state index >= 15 is 0 Å². The van der Waals surface area contributed by atoms with E-state index in [2.05, 4.69) is 5.92 Å². The Bertz CT molecular complexity index is 587. The minimum absolute atomic E-state index is 0.0609. The fraction of sp³-hybridized carbons (Fsp3) is 0.118. The lowest BCUT2D eigenvalue weighted by molar-refractivity contribution is -0.116. The molecule has 0 unspecified atom stereocenters. The Morgan fingerprint density at radius 1 is 1.05 bits per heavy atom. The lowest BCUT2D eigenvalue weighted by Crippen LogP contribution is -2.31. The van der Waals surface area contributed by atoms with Crippen LogP contribution < -0.4 is 0 Å². The van der Waals surface area contributed by atoms with Crippen LogP contribution in [0.5, 0.6) is 0 Å². The summed E-state index contributed by atoms with van der Waals surface area (Å²) in [6.45, 7) is 0.418. The number of nitrogens with zero attached hydrogens (tertiary/aromatic N) is 1. The number of carbonyl (C=O) groups is 1. The van der Waals surface area contributed by atoms with Crippen molar-refractivity contribution in [3.8, 4) is 12.3 Å². The van der Waals surface area contributed by atoms with Crippen molar-refractivity contribution < 1.29 is 9.63 Å². The summed E-state index contributed by atoms with van der Waals surface area (Å²) in [7, 11) is 0. The largest absolute Gasteiger partial charge is 0.277 e. The van der Waals surface area contributed by atoms with Gasteiger partial charge in [0.25, 0.3) is 5.91 Å². The first-order chi connectivity index (χ1) is 9.81. The summed E-state index contributed by atoms with van der Waals surface area (Å²) in [5, 5.41) is 1.30. The summed E-state index contributed by atoms with van der Waals surface area (Å²) in [6, 6.07) is 18.6. The fourth-order valence-electron chi connectivity index (χ4n) is 1.77. The molecule has 0 aliphatic carbocycles. The molecule has 1 amide bonds. The standard InChI is InChI=1S/C17H15NO2/c1-2-13-20-18(14-15-9-5-3-6-10-15)17(19)16-11-7-4-8-12-16/h1,3-12H,13-14H2. The Kier molecular flexibility index (Phi) is 4.94.